The van der Waals surface area contributed by atoms with Crippen molar-refractivity contribution in [3.63, 3.8) is 0 Å². The molecule has 2 aliphatic rings. The molecule has 1 amide bonds. The molecule has 0 spiro atoms. The number of rotatable bonds is 3. The van der Waals surface area contributed by atoms with E-state index in [0.29, 0.717) is 17.8 Å². The van der Waals surface area contributed by atoms with Crippen molar-refractivity contribution in [3.8, 4) is 0 Å². The van der Waals surface area contributed by atoms with E-state index in [2.05, 4.69) is 15.1 Å². The second-order valence-corrected chi connectivity index (χ2v) is 6.72. The van der Waals surface area contributed by atoms with Crippen LogP contribution in [0.1, 0.15) is 57.8 Å². The largest absolute Gasteiger partial charge is 0.408 e. The van der Waals surface area contributed by atoms with Crippen molar-refractivity contribution in [2.24, 2.45) is 5.92 Å². The van der Waals surface area contributed by atoms with Gasteiger partial charge in [-0.15, -0.1) is 5.10 Å². The molecule has 6 heteroatoms. The first-order valence-electron chi connectivity index (χ1n) is 8.52. The molecule has 1 aromatic rings. The Kier molecular flexibility index (Phi) is 4.64. The van der Waals surface area contributed by atoms with Gasteiger partial charge in [0.15, 0.2) is 0 Å². The van der Waals surface area contributed by atoms with Crippen molar-refractivity contribution in [2.45, 2.75) is 51.9 Å². The normalized spacial score (nSPS) is 20.7. The van der Waals surface area contributed by atoms with Gasteiger partial charge in [0, 0.05) is 38.0 Å². The molecule has 2 heterocycles. The van der Waals surface area contributed by atoms with Gasteiger partial charge in [0.05, 0.1) is 0 Å². The monoisotopic (exact) mass is 306 g/mol. The number of nitrogens with zero attached hydrogens (tertiary/aromatic N) is 4. The molecule has 1 saturated heterocycles. The Labute approximate surface area is 131 Å². The minimum absolute atomic E-state index is 0.246. The number of carbonyl (C=O) groups excluding carboxylic acids is 1. The highest BCUT2D eigenvalue weighted by atomic mass is 16.4. The molecule has 0 radical (unpaired) electrons. The quantitative estimate of drug-likeness (QED) is 0.858. The van der Waals surface area contributed by atoms with Crippen LogP contribution in [0.5, 0.6) is 0 Å². The number of carbonyl (C=O) groups is 1. The summed E-state index contributed by atoms with van der Waals surface area (Å²) in [6.45, 7) is 7.15. The Hall–Kier alpha value is -1.59. The van der Waals surface area contributed by atoms with E-state index >= 15 is 0 Å². The predicted octanol–water partition coefficient (Wildman–Crippen LogP) is 2.42. The van der Waals surface area contributed by atoms with Gasteiger partial charge in [-0.3, -0.25) is 4.79 Å². The smallest absolute Gasteiger partial charge is 0.318 e. The van der Waals surface area contributed by atoms with Crippen LogP contribution >= 0.6 is 0 Å². The van der Waals surface area contributed by atoms with Crippen molar-refractivity contribution >= 4 is 11.9 Å². The van der Waals surface area contributed by atoms with Crippen LogP contribution in [0.4, 0.5) is 6.01 Å². The zero-order valence-corrected chi connectivity index (χ0v) is 13.6. The van der Waals surface area contributed by atoms with E-state index in [0.717, 1.165) is 39.0 Å². The van der Waals surface area contributed by atoms with Crippen LogP contribution in [0.15, 0.2) is 4.42 Å². The fraction of sp³-hybridized carbons (Fsp3) is 0.812. The third-order valence-corrected chi connectivity index (χ3v) is 4.74. The van der Waals surface area contributed by atoms with Gasteiger partial charge < -0.3 is 14.2 Å². The fourth-order valence-corrected chi connectivity index (χ4v) is 3.31. The van der Waals surface area contributed by atoms with Gasteiger partial charge in [0.1, 0.15) is 0 Å². The van der Waals surface area contributed by atoms with Crippen molar-refractivity contribution in [3.05, 3.63) is 5.89 Å². The molecule has 0 bridgehead atoms. The van der Waals surface area contributed by atoms with Gasteiger partial charge in [-0.1, -0.05) is 38.2 Å². The number of amides is 1. The molecule has 1 aromatic heterocycles. The molecule has 22 heavy (non-hydrogen) atoms. The van der Waals surface area contributed by atoms with E-state index in [1.807, 2.05) is 18.7 Å². The summed E-state index contributed by atoms with van der Waals surface area (Å²) in [7, 11) is 0. The van der Waals surface area contributed by atoms with Crippen LogP contribution in [-0.4, -0.2) is 47.2 Å². The van der Waals surface area contributed by atoms with Crippen molar-refractivity contribution < 1.29 is 9.21 Å². The molecular formula is C16H26N4O2. The Morgan fingerprint density at radius 3 is 2.36 bits per heavy atom. The second kappa shape index (κ2) is 6.67. The van der Waals surface area contributed by atoms with Crippen LogP contribution in [-0.2, 0) is 4.79 Å². The number of anilines is 1. The van der Waals surface area contributed by atoms with Gasteiger partial charge >= 0.3 is 6.01 Å². The number of hydrogen-bond donors (Lipinski definition) is 0. The summed E-state index contributed by atoms with van der Waals surface area (Å²) in [5.74, 6) is 1.54. The molecule has 1 saturated carbocycles. The van der Waals surface area contributed by atoms with Crippen molar-refractivity contribution in [1.82, 2.24) is 15.1 Å². The highest BCUT2D eigenvalue weighted by Crippen LogP contribution is 2.26. The second-order valence-electron chi connectivity index (χ2n) is 6.72. The maximum atomic E-state index is 12.5. The van der Waals surface area contributed by atoms with Crippen LogP contribution in [0.25, 0.3) is 0 Å². The average Bonchev–Trinajstić information content (AvgIpc) is 3.05. The summed E-state index contributed by atoms with van der Waals surface area (Å²) in [6, 6.07) is 0.591. The summed E-state index contributed by atoms with van der Waals surface area (Å²) in [6.07, 6.45) is 5.83. The lowest BCUT2D eigenvalue weighted by molar-refractivity contribution is -0.136. The van der Waals surface area contributed by atoms with Gasteiger partial charge in [0.25, 0.3) is 0 Å². The van der Waals surface area contributed by atoms with Crippen LogP contribution < -0.4 is 4.90 Å². The van der Waals surface area contributed by atoms with E-state index in [1.54, 1.807) is 0 Å². The summed E-state index contributed by atoms with van der Waals surface area (Å²) < 4.78 is 5.70. The van der Waals surface area contributed by atoms with E-state index < -0.39 is 0 Å². The first kappa shape index (κ1) is 15.3. The van der Waals surface area contributed by atoms with Gasteiger partial charge in [-0.25, -0.2) is 0 Å². The Morgan fingerprint density at radius 2 is 1.77 bits per heavy atom. The van der Waals surface area contributed by atoms with E-state index in [1.165, 1.54) is 19.3 Å². The lowest BCUT2D eigenvalue weighted by atomic mass is 9.88. The van der Waals surface area contributed by atoms with Gasteiger partial charge in [-0.2, -0.15) is 0 Å². The summed E-state index contributed by atoms with van der Waals surface area (Å²) in [4.78, 5) is 16.7. The van der Waals surface area contributed by atoms with Crippen LogP contribution in [0, 0.1) is 5.92 Å². The topological polar surface area (TPSA) is 62.5 Å². The Balaban J connectivity index is 1.54. The highest BCUT2D eigenvalue weighted by Gasteiger charge is 2.29. The fourth-order valence-electron chi connectivity index (χ4n) is 3.31. The SMILES string of the molecule is CC(C)c1nnc(N2CCN(C(=O)C3CCCCC3)CC2)o1. The van der Waals surface area contributed by atoms with Crippen molar-refractivity contribution in [2.75, 3.05) is 31.1 Å². The summed E-state index contributed by atoms with van der Waals surface area (Å²) in [5.41, 5.74) is 0. The maximum absolute atomic E-state index is 12.5. The number of piperazine rings is 1. The van der Waals surface area contributed by atoms with Gasteiger partial charge in [-0.05, 0) is 12.8 Å². The predicted molar refractivity (Wildman–Crippen MR) is 83.8 cm³/mol. The average molecular weight is 306 g/mol. The molecule has 1 aliphatic carbocycles. The molecule has 0 N–H and O–H groups in total. The molecule has 3 rings (SSSR count). The standard InChI is InChI=1S/C16H26N4O2/c1-12(2)14-17-18-16(22-14)20-10-8-19(9-11-20)15(21)13-6-4-3-5-7-13/h12-13H,3-11H2,1-2H3. The first-order valence-corrected chi connectivity index (χ1v) is 8.52. The van der Waals surface area contributed by atoms with E-state index in [9.17, 15) is 4.79 Å². The molecule has 0 aromatic carbocycles. The molecule has 0 unspecified atom stereocenters. The third kappa shape index (κ3) is 3.25. The third-order valence-electron chi connectivity index (χ3n) is 4.74. The zero-order chi connectivity index (χ0) is 15.5. The molecular weight excluding hydrogens is 280 g/mol. The molecule has 122 valence electrons. The minimum Gasteiger partial charge on any atom is -0.408 e. The Morgan fingerprint density at radius 1 is 1.09 bits per heavy atom. The maximum Gasteiger partial charge on any atom is 0.318 e. The minimum atomic E-state index is 0.246. The summed E-state index contributed by atoms with van der Waals surface area (Å²) in [5, 5.41) is 8.21. The highest BCUT2D eigenvalue weighted by molar-refractivity contribution is 5.79. The molecule has 2 fully saturated rings. The molecule has 1 aliphatic heterocycles. The van der Waals surface area contributed by atoms with E-state index in [4.69, 9.17) is 4.42 Å². The number of hydrogen-bond acceptors (Lipinski definition) is 5. The molecule has 6 nitrogen and oxygen atoms in total. The van der Waals surface area contributed by atoms with E-state index in [-0.39, 0.29) is 11.8 Å². The van der Waals surface area contributed by atoms with Crippen LogP contribution in [0.3, 0.4) is 0 Å². The Bertz CT molecular complexity index is 500. The molecule has 0 atom stereocenters. The first-order chi connectivity index (χ1) is 10.6. The zero-order valence-electron chi connectivity index (χ0n) is 13.6. The van der Waals surface area contributed by atoms with Crippen LogP contribution in [0.2, 0.25) is 0 Å². The van der Waals surface area contributed by atoms with Crippen molar-refractivity contribution in [1.29, 1.82) is 0 Å². The lowest BCUT2D eigenvalue weighted by Crippen LogP contribution is -2.50. The lowest BCUT2D eigenvalue weighted by Gasteiger charge is -2.36. The number of aromatic nitrogens is 2. The summed E-state index contributed by atoms with van der Waals surface area (Å²) >= 11 is 0. The van der Waals surface area contributed by atoms with Gasteiger partial charge in [0.2, 0.25) is 11.8 Å².